The van der Waals surface area contributed by atoms with Gasteiger partial charge >= 0.3 is 5.97 Å². The Morgan fingerprint density at radius 3 is 1.90 bits per heavy atom. The van der Waals surface area contributed by atoms with E-state index >= 15 is 0 Å². The van der Waals surface area contributed by atoms with Crippen LogP contribution in [-0.2, 0) is 56.4 Å². The van der Waals surface area contributed by atoms with Crippen molar-refractivity contribution >= 4 is 28.3 Å². The van der Waals surface area contributed by atoms with Gasteiger partial charge in [0.2, 0.25) is 5.79 Å². The minimum Gasteiger partial charge on any atom is -0.459 e. The molecule has 0 aromatic heterocycles. The van der Waals surface area contributed by atoms with E-state index in [1.807, 2.05) is 62.3 Å². The summed E-state index contributed by atoms with van der Waals surface area (Å²) in [6, 6.07) is -0.0368. The number of hydrogen-bond donors (Lipinski definition) is 2. The number of aliphatic hydroxyl groups excluding tert-OH is 1. The molecule has 0 aromatic rings. The molecule has 0 amide bonds. The van der Waals surface area contributed by atoms with Gasteiger partial charge in [-0.3, -0.25) is 4.79 Å². The summed E-state index contributed by atoms with van der Waals surface area (Å²) in [4.78, 5) is 23.7. The van der Waals surface area contributed by atoms with Crippen molar-refractivity contribution in [3.05, 3.63) is 0 Å². The summed E-state index contributed by atoms with van der Waals surface area (Å²) in [5.41, 5.74) is -3.38. The number of ether oxygens (including phenoxy) is 8. The molecule has 18 atom stereocenters. The third-order valence-corrected chi connectivity index (χ3v) is 17.5. The first-order valence-electron chi connectivity index (χ1n) is 27.0. The lowest BCUT2D eigenvalue weighted by molar-refractivity contribution is -0.316. The molecule has 18 heteroatoms. The molecule has 416 valence electrons. The summed E-state index contributed by atoms with van der Waals surface area (Å²) >= 11 is 0. The molecule has 2 unspecified atom stereocenters. The van der Waals surface area contributed by atoms with Crippen LogP contribution in [0.15, 0.2) is 5.16 Å². The van der Waals surface area contributed by atoms with Crippen molar-refractivity contribution in [1.29, 1.82) is 0 Å². The number of hydrogen-bond acceptors (Lipinski definition) is 16. The first kappa shape index (κ1) is 62.4. The van der Waals surface area contributed by atoms with Crippen LogP contribution in [0.4, 0.5) is 0 Å². The van der Waals surface area contributed by atoms with Gasteiger partial charge in [0, 0.05) is 57.3 Å². The summed E-state index contributed by atoms with van der Waals surface area (Å²) in [6.45, 7) is 36.0. The smallest absolute Gasteiger partial charge is 0.311 e. The standard InChI is InChI=1S/C53H102N2O14Si2/c1-23-40-52(12,58)45(56)35(6)42(54-69-53(66-32(2)3)27-25-24-26-28-53)33(4)30-50(10,59-15)46(65-49-44(67-70(17,18)19)39(55(13)14)29-34(5)61-49)36(7)43(37(8)48(57)63-40)64-41-31-51(11,60-16)47(38(9)62-41)68-71(20,21)22/h32-41,43-47,49,56,58H,23-31H2,1-22H3/b54-42+/t33-,34-,35-,36+,37-,38+,39+,40?,41+,43?,44-,45-,46-,47+,49+,50-,51-,52-/m1/s1. The maximum absolute atomic E-state index is 14.9. The highest BCUT2D eigenvalue weighted by Crippen LogP contribution is 2.44. The van der Waals surface area contributed by atoms with Gasteiger partial charge in [-0.2, -0.15) is 0 Å². The molecular formula is C53H102N2O14Si2. The number of likely N-dealkylation sites (N-methyl/N-ethyl adjacent to an activating group) is 1. The van der Waals surface area contributed by atoms with Crippen molar-refractivity contribution < 1.29 is 66.6 Å². The highest BCUT2D eigenvalue weighted by atomic mass is 28.4. The zero-order valence-electron chi connectivity index (χ0n) is 48.3. The summed E-state index contributed by atoms with van der Waals surface area (Å²) in [6.07, 6.45) is -1.82. The predicted molar refractivity (Wildman–Crippen MR) is 281 cm³/mol. The number of cyclic esters (lactones) is 1. The third kappa shape index (κ3) is 15.8. The number of carbonyl (C=O) groups excluding carboxylic acids is 1. The molecule has 4 fully saturated rings. The average molecular weight is 1050 g/mol. The van der Waals surface area contributed by atoms with Crippen LogP contribution >= 0.6 is 0 Å². The fraction of sp³-hybridized carbons (Fsp3) is 0.962. The lowest BCUT2D eigenvalue weighted by Crippen LogP contribution is -2.63. The van der Waals surface area contributed by atoms with Gasteiger partial charge in [0.15, 0.2) is 29.2 Å². The van der Waals surface area contributed by atoms with E-state index in [-0.39, 0.29) is 30.8 Å². The minimum absolute atomic E-state index is 0.0368. The van der Waals surface area contributed by atoms with Crippen LogP contribution in [0.2, 0.25) is 39.3 Å². The molecule has 4 aliphatic rings. The Morgan fingerprint density at radius 2 is 1.38 bits per heavy atom. The molecule has 1 aliphatic carbocycles. The normalized spacial score (nSPS) is 42.3. The van der Waals surface area contributed by atoms with E-state index in [9.17, 15) is 15.0 Å². The maximum Gasteiger partial charge on any atom is 0.311 e. The van der Waals surface area contributed by atoms with E-state index < -0.39 is 118 Å². The third-order valence-electron chi connectivity index (χ3n) is 15.6. The predicted octanol–water partition coefficient (Wildman–Crippen LogP) is 9.05. The van der Waals surface area contributed by atoms with E-state index in [0.29, 0.717) is 31.4 Å². The van der Waals surface area contributed by atoms with Gasteiger partial charge < -0.3 is 66.7 Å². The quantitative estimate of drug-likeness (QED) is 0.0648. The molecule has 0 spiro atoms. The van der Waals surface area contributed by atoms with Crippen LogP contribution in [0.25, 0.3) is 0 Å². The highest BCUT2D eigenvalue weighted by molar-refractivity contribution is 6.70. The summed E-state index contributed by atoms with van der Waals surface area (Å²) in [7, 11) is 3.20. The monoisotopic (exact) mass is 1050 g/mol. The highest BCUT2D eigenvalue weighted by Gasteiger charge is 2.55. The Labute approximate surface area is 431 Å². The second-order valence-electron chi connectivity index (χ2n) is 24.9. The van der Waals surface area contributed by atoms with Gasteiger partial charge in [0.05, 0.1) is 65.6 Å². The first-order chi connectivity index (χ1) is 32.7. The van der Waals surface area contributed by atoms with Gasteiger partial charge in [-0.15, -0.1) is 0 Å². The Morgan fingerprint density at radius 1 is 0.803 bits per heavy atom. The summed E-state index contributed by atoms with van der Waals surface area (Å²) < 4.78 is 67.9. The molecule has 0 aromatic carbocycles. The largest absolute Gasteiger partial charge is 0.459 e. The Bertz CT molecular complexity index is 1710. The number of aliphatic hydroxyl groups is 2. The van der Waals surface area contributed by atoms with Crippen molar-refractivity contribution in [2.24, 2.45) is 28.8 Å². The fourth-order valence-electron chi connectivity index (χ4n) is 11.8. The second kappa shape index (κ2) is 24.9. The lowest BCUT2D eigenvalue weighted by atomic mass is 9.73. The molecular weight excluding hydrogens is 945 g/mol. The molecule has 3 saturated heterocycles. The number of rotatable bonds is 16. The van der Waals surface area contributed by atoms with E-state index in [1.54, 1.807) is 21.1 Å². The van der Waals surface area contributed by atoms with Gasteiger partial charge in [-0.25, -0.2) is 0 Å². The molecule has 4 rings (SSSR count). The zero-order valence-corrected chi connectivity index (χ0v) is 50.3. The van der Waals surface area contributed by atoms with Crippen molar-refractivity contribution in [2.45, 2.75) is 276 Å². The molecule has 3 heterocycles. The van der Waals surface area contributed by atoms with Gasteiger partial charge in [-0.1, -0.05) is 39.3 Å². The van der Waals surface area contributed by atoms with Gasteiger partial charge in [0.25, 0.3) is 0 Å². The number of nitrogens with zero attached hydrogens (tertiary/aromatic N) is 2. The second-order valence-corrected chi connectivity index (χ2v) is 33.8. The molecule has 2 N–H and O–H groups in total. The lowest BCUT2D eigenvalue weighted by Gasteiger charge is -2.51. The van der Waals surface area contributed by atoms with Gasteiger partial charge in [-0.05, 0) is 141 Å². The number of esters is 1. The average Bonchev–Trinajstić information content (AvgIpc) is 3.26. The molecule has 3 aliphatic heterocycles. The van der Waals surface area contributed by atoms with E-state index in [1.165, 1.54) is 6.92 Å². The zero-order chi connectivity index (χ0) is 53.8. The van der Waals surface area contributed by atoms with Crippen LogP contribution in [0.1, 0.15) is 141 Å². The van der Waals surface area contributed by atoms with Crippen LogP contribution in [0.3, 0.4) is 0 Å². The van der Waals surface area contributed by atoms with Crippen LogP contribution in [0, 0.1) is 23.7 Å². The Hall–Kier alpha value is -1.11. The number of carbonyl (C=O) groups is 1. The van der Waals surface area contributed by atoms with E-state index in [0.717, 1.165) is 25.7 Å². The Kier molecular flexibility index (Phi) is 21.9. The summed E-state index contributed by atoms with van der Waals surface area (Å²) in [5.74, 6) is -4.38. The molecule has 0 bridgehead atoms. The summed E-state index contributed by atoms with van der Waals surface area (Å²) in [5, 5.41) is 29.8. The first-order valence-corrected chi connectivity index (χ1v) is 33.8. The van der Waals surface area contributed by atoms with Crippen LogP contribution < -0.4 is 0 Å². The number of oxime groups is 1. The maximum atomic E-state index is 14.9. The molecule has 16 nitrogen and oxygen atoms in total. The van der Waals surface area contributed by atoms with Crippen molar-refractivity contribution in [3.63, 3.8) is 0 Å². The topological polar surface area (TPSA) is 175 Å². The van der Waals surface area contributed by atoms with E-state index in [2.05, 4.69) is 65.2 Å². The Balaban J connectivity index is 1.99. The fourth-order valence-corrected chi connectivity index (χ4v) is 14.1. The molecule has 0 radical (unpaired) electrons. The van der Waals surface area contributed by atoms with Crippen molar-refractivity contribution in [1.82, 2.24) is 4.90 Å². The van der Waals surface area contributed by atoms with Crippen molar-refractivity contribution in [3.8, 4) is 0 Å². The molecule has 1 saturated carbocycles. The van der Waals surface area contributed by atoms with Gasteiger partial charge in [0.1, 0.15) is 17.8 Å². The SMILES string of the molecule is CCC1OC(=O)[C@H](C)C(O[C@H]2C[C@@](C)(OC)[C@@H](O[Si](C)(C)C)[C@H](C)O2)[C@H](C)[C@@H](O[C@@H]2O[C@H](C)C[C@H](N(C)C)[C@H]2O[Si](C)(C)C)[C@](C)(OC)C[C@@H](C)/C(=N\OC2(OC(C)C)CCCCC2)[C@@H](C)[C@@H](O)[C@]1(C)O. The van der Waals surface area contributed by atoms with Crippen molar-refractivity contribution in [2.75, 3.05) is 28.3 Å². The molecule has 71 heavy (non-hydrogen) atoms. The number of methoxy groups -OCH3 is 2. The van der Waals surface area contributed by atoms with E-state index in [4.69, 9.17) is 56.7 Å². The van der Waals surface area contributed by atoms with Crippen LogP contribution in [-0.4, -0.2) is 168 Å². The minimum atomic E-state index is -2.21. The van der Waals surface area contributed by atoms with Crippen LogP contribution in [0.5, 0.6) is 0 Å².